The van der Waals surface area contributed by atoms with Crippen LogP contribution < -0.4 is 10.6 Å². The minimum atomic E-state index is -0.131. The molecule has 126 valence electrons. The highest BCUT2D eigenvalue weighted by Crippen LogP contribution is 2.21. The van der Waals surface area contributed by atoms with Crippen LogP contribution in [-0.4, -0.2) is 24.8 Å². The van der Waals surface area contributed by atoms with Crippen molar-refractivity contribution in [1.82, 2.24) is 5.32 Å². The van der Waals surface area contributed by atoms with E-state index in [0.717, 1.165) is 11.3 Å². The molecule has 0 aliphatic heterocycles. The molecule has 0 aliphatic rings. The third kappa shape index (κ3) is 5.55. The maximum Gasteiger partial charge on any atom is 0.239 e. The number of rotatable bonds is 7. The van der Waals surface area contributed by atoms with Gasteiger partial charge < -0.3 is 10.6 Å². The molecule has 0 saturated heterocycles. The fourth-order valence-electron chi connectivity index (χ4n) is 2.15. The number of anilines is 1. The average molecular weight is 365 g/mol. The zero-order valence-electron chi connectivity index (χ0n) is 13.2. The summed E-state index contributed by atoms with van der Waals surface area (Å²) >= 11 is 11.9. The molecule has 2 aromatic carbocycles. The van der Waals surface area contributed by atoms with Crippen molar-refractivity contribution < 1.29 is 9.59 Å². The van der Waals surface area contributed by atoms with E-state index < -0.39 is 0 Å². The van der Waals surface area contributed by atoms with Gasteiger partial charge in [0.25, 0.3) is 0 Å². The highest BCUT2D eigenvalue weighted by Gasteiger charge is 2.05. The first kappa shape index (κ1) is 18.3. The van der Waals surface area contributed by atoms with Gasteiger partial charge in [0.05, 0.1) is 6.54 Å². The number of ketones is 1. The molecule has 0 heterocycles. The Morgan fingerprint density at radius 2 is 1.88 bits per heavy atom. The summed E-state index contributed by atoms with van der Waals surface area (Å²) in [6, 6.07) is 12.4. The molecule has 1 amide bonds. The molecule has 24 heavy (non-hydrogen) atoms. The molecule has 2 N–H and O–H groups in total. The monoisotopic (exact) mass is 364 g/mol. The summed E-state index contributed by atoms with van der Waals surface area (Å²) in [5.74, 6) is -0.142. The minimum absolute atomic E-state index is 0.0112. The first-order valence-electron chi connectivity index (χ1n) is 7.51. The Hall–Kier alpha value is -2.04. The van der Waals surface area contributed by atoms with Crippen LogP contribution >= 0.6 is 23.2 Å². The van der Waals surface area contributed by atoms with Crippen LogP contribution in [0.25, 0.3) is 0 Å². The molecule has 2 rings (SSSR count). The minimum Gasteiger partial charge on any atom is -0.376 e. The summed E-state index contributed by atoms with van der Waals surface area (Å²) in [4.78, 5) is 23.2. The highest BCUT2D eigenvalue weighted by molar-refractivity contribution is 6.35. The van der Waals surface area contributed by atoms with Gasteiger partial charge in [-0.15, -0.1) is 0 Å². The predicted octanol–water partition coefficient (Wildman–Crippen LogP) is 3.97. The molecule has 0 aromatic heterocycles. The second-order valence-electron chi connectivity index (χ2n) is 5.33. The second-order valence-corrected chi connectivity index (χ2v) is 6.17. The summed E-state index contributed by atoms with van der Waals surface area (Å²) in [6.07, 6.45) is 0.627. The molecule has 0 bridgehead atoms. The molecular weight excluding hydrogens is 347 g/mol. The topological polar surface area (TPSA) is 58.2 Å². The number of Topliss-reactive ketones (excluding diaryl/α,β-unsaturated/α-hetero) is 1. The maximum atomic E-state index is 11.9. The summed E-state index contributed by atoms with van der Waals surface area (Å²) in [5, 5.41) is 7.00. The number of halogens is 2. The van der Waals surface area contributed by atoms with Gasteiger partial charge in [-0.05, 0) is 43.2 Å². The number of benzene rings is 2. The van der Waals surface area contributed by atoms with Crippen molar-refractivity contribution in [2.24, 2.45) is 0 Å². The molecule has 4 nitrogen and oxygen atoms in total. The van der Waals surface area contributed by atoms with Gasteiger partial charge in [0.2, 0.25) is 5.91 Å². The summed E-state index contributed by atoms with van der Waals surface area (Å²) in [7, 11) is 0. The van der Waals surface area contributed by atoms with Gasteiger partial charge in [-0.2, -0.15) is 0 Å². The number of carbonyl (C=O) groups excluding carboxylic acids is 2. The molecule has 0 saturated carbocycles. The third-order valence-corrected chi connectivity index (χ3v) is 4.04. The third-order valence-electron chi connectivity index (χ3n) is 3.45. The fraction of sp³-hybridized carbons (Fsp3) is 0.222. The molecule has 0 fully saturated rings. The Balaban J connectivity index is 1.77. The van der Waals surface area contributed by atoms with Gasteiger partial charge in [-0.1, -0.05) is 41.4 Å². The lowest BCUT2D eigenvalue weighted by atomic mass is 10.1. The van der Waals surface area contributed by atoms with E-state index in [1.807, 2.05) is 12.1 Å². The van der Waals surface area contributed by atoms with Gasteiger partial charge in [0.1, 0.15) is 0 Å². The van der Waals surface area contributed by atoms with Crippen LogP contribution in [0.4, 0.5) is 5.69 Å². The van der Waals surface area contributed by atoms with Gasteiger partial charge >= 0.3 is 0 Å². The molecule has 0 atom stereocenters. The largest absolute Gasteiger partial charge is 0.376 e. The Morgan fingerprint density at radius 1 is 1.08 bits per heavy atom. The van der Waals surface area contributed by atoms with E-state index in [2.05, 4.69) is 10.6 Å². The van der Waals surface area contributed by atoms with E-state index in [4.69, 9.17) is 23.2 Å². The SMILES string of the molecule is CC(=O)c1cccc(NCC(=O)NCCc2ccc(Cl)cc2Cl)c1. The van der Waals surface area contributed by atoms with E-state index in [-0.39, 0.29) is 18.2 Å². The van der Waals surface area contributed by atoms with Crippen LogP contribution in [-0.2, 0) is 11.2 Å². The number of amides is 1. The lowest BCUT2D eigenvalue weighted by molar-refractivity contribution is -0.119. The Morgan fingerprint density at radius 3 is 2.58 bits per heavy atom. The van der Waals surface area contributed by atoms with Crippen molar-refractivity contribution in [2.45, 2.75) is 13.3 Å². The molecule has 2 aromatic rings. The first-order chi connectivity index (χ1) is 11.5. The van der Waals surface area contributed by atoms with Crippen molar-refractivity contribution in [3.05, 3.63) is 63.6 Å². The zero-order valence-corrected chi connectivity index (χ0v) is 14.7. The van der Waals surface area contributed by atoms with Crippen molar-refractivity contribution >= 4 is 40.6 Å². The lowest BCUT2D eigenvalue weighted by Gasteiger charge is -2.09. The lowest BCUT2D eigenvalue weighted by Crippen LogP contribution is -2.31. The maximum absolute atomic E-state index is 11.9. The number of hydrogen-bond donors (Lipinski definition) is 2. The fourth-order valence-corrected chi connectivity index (χ4v) is 2.66. The van der Waals surface area contributed by atoms with Crippen LogP contribution in [0, 0.1) is 0 Å². The van der Waals surface area contributed by atoms with Crippen LogP contribution in [0.5, 0.6) is 0 Å². The second kappa shape index (κ2) is 8.71. The smallest absolute Gasteiger partial charge is 0.239 e. The first-order valence-corrected chi connectivity index (χ1v) is 8.27. The summed E-state index contributed by atoms with van der Waals surface area (Å²) in [5.41, 5.74) is 2.28. The Bertz CT molecular complexity index is 748. The van der Waals surface area contributed by atoms with E-state index in [1.54, 1.807) is 30.3 Å². The summed E-state index contributed by atoms with van der Waals surface area (Å²) in [6.45, 7) is 2.12. The quantitative estimate of drug-likeness (QED) is 0.730. The van der Waals surface area contributed by atoms with Gasteiger partial charge in [-0.3, -0.25) is 9.59 Å². The zero-order chi connectivity index (χ0) is 17.5. The molecular formula is C18H18Cl2N2O2. The number of hydrogen-bond acceptors (Lipinski definition) is 3. The number of carbonyl (C=O) groups is 2. The predicted molar refractivity (Wildman–Crippen MR) is 98.1 cm³/mol. The van der Waals surface area contributed by atoms with Gasteiger partial charge in [-0.25, -0.2) is 0 Å². The normalized spacial score (nSPS) is 10.3. The molecule has 6 heteroatoms. The molecule has 0 radical (unpaired) electrons. The molecule has 0 spiro atoms. The van der Waals surface area contributed by atoms with E-state index in [1.165, 1.54) is 6.92 Å². The number of nitrogens with one attached hydrogen (secondary N) is 2. The van der Waals surface area contributed by atoms with E-state index in [0.29, 0.717) is 28.6 Å². The Labute approximate surface area is 151 Å². The Kier molecular flexibility index (Phi) is 6.64. The molecule has 0 aliphatic carbocycles. The molecule has 0 unspecified atom stereocenters. The van der Waals surface area contributed by atoms with Crippen LogP contribution in [0.2, 0.25) is 10.0 Å². The van der Waals surface area contributed by atoms with Gasteiger partial charge in [0.15, 0.2) is 5.78 Å². The van der Waals surface area contributed by atoms with Crippen LogP contribution in [0.1, 0.15) is 22.8 Å². The van der Waals surface area contributed by atoms with E-state index in [9.17, 15) is 9.59 Å². The van der Waals surface area contributed by atoms with Crippen molar-refractivity contribution in [1.29, 1.82) is 0 Å². The van der Waals surface area contributed by atoms with E-state index >= 15 is 0 Å². The average Bonchev–Trinajstić information content (AvgIpc) is 2.55. The summed E-state index contributed by atoms with van der Waals surface area (Å²) < 4.78 is 0. The van der Waals surface area contributed by atoms with Crippen molar-refractivity contribution in [2.75, 3.05) is 18.4 Å². The van der Waals surface area contributed by atoms with Crippen LogP contribution in [0.3, 0.4) is 0 Å². The highest BCUT2D eigenvalue weighted by atomic mass is 35.5. The van der Waals surface area contributed by atoms with Gasteiger partial charge in [0, 0.05) is 27.8 Å². The van der Waals surface area contributed by atoms with Crippen LogP contribution in [0.15, 0.2) is 42.5 Å². The van der Waals surface area contributed by atoms with Crippen molar-refractivity contribution in [3.8, 4) is 0 Å². The standard InChI is InChI=1S/C18H18Cl2N2O2/c1-12(23)14-3-2-4-16(9-14)22-11-18(24)21-8-7-13-5-6-15(19)10-17(13)20/h2-6,9-10,22H,7-8,11H2,1H3,(H,21,24). The van der Waals surface area contributed by atoms with Crippen molar-refractivity contribution in [3.63, 3.8) is 0 Å².